The summed E-state index contributed by atoms with van der Waals surface area (Å²) in [7, 11) is 0. The summed E-state index contributed by atoms with van der Waals surface area (Å²) >= 11 is 5.43. The average molecular weight is 280 g/mol. The third-order valence-corrected chi connectivity index (χ3v) is 3.66. The molecule has 0 aliphatic carbocycles. The number of H-pyrrole nitrogens is 1. The second-order valence-corrected chi connectivity index (χ2v) is 5.43. The summed E-state index contributed by atoms with van der Waals surface area (Å²) in [5.74, 6) is 0. The van der Waals surface area contributed by atoms with E-state index in [1.54, 1.807) is 0 Å². The van der Waals surface area contributed by atoms with Crippen LogP contribution in [-0.2, 0) is 0 Å². The van der Waals surface area contributed by atoms with E-state index < -0.39 is 0 Å². The summed E-state index contributed by atoms with van der Waals surface area (Å²) in [6.45, 7) is 4.17. The lowest BCUT2D eigenvalue weighted by molar-refractivity contribution is 1.03. The Kier molecular flexibility index (Phi) is 3.28. The van der Waals surface area contributed by atoms with Crippen LogP contribution in [0.1, 0.15) is 11.1 Å². The van der Waals surface area contributed by atoms with Gasteiger partial charge >= 0.3 is 0 Å². The Morgan fingerprint density at radius 2 is 1.70 bits per heavy atom. The number of aromatic nitrogens is 2. The molecule has 3 aromatic rings. The lowest BCUT2D eigenvalue weighted by atomic mass is 10.1. The van der Waals surface area contributed by atoms with Crippen molar-refractivity contribution < 1.29 is 0 Å². The van der Waals surface area contributed by atoms with E-state index in [2.05, 4.69) is 67.5 Å². The van der Waals surface area contributed by atoms with Crippen molar-refractivity contribution in [2.45, 2.75) is 13.8 Å². The highest BCUT2D eigenvalue weighted by atomic mass is 32.1. The number of hydrogen-bond donors (Lipinski definition) is 1. The van der Waals surface area contributed by atoms with Gasteiger partial charge in [-0.15, -0.1) is 0 Å². The molecule has 0 saturated heterocycles. The van der Waals surface area contributed by atoms with Gasteiger partial charge in [-0.1, -0.05) is 42.0 Å². The summed E-state index contributed by atoms with van der Waals surface area (Å²) in [6, 6.07) is 16.8. The number of benzene rings is 2. The van der Waals surface area contributed by atoms with Crippen molar-refractivity contribution in [1.29, 1.82) is 0 Å². The van der Waals surface area contributed by atoms with Crippen LogP contribution in [0.3, 0.4) is 0 Å². The fourth-order valence-electron chi connectivity index (χ4n) is 2.24. The van der Waals surface area contributed by atoms with Crippen molar-refractivity contribution >= 4 is 12.2 Å². The van der Waals surface area contributed by atoms with Crippen molar-refractivity contribution in [1.82, 2.24) is 9.55 Å². The first-order chi connectivity index (χ1) is 9.63. The Hall–Kier alpha value is -2.13. The summed E-state index contributed by atoms with van der Waals surface area (Å²) < 4.78 is 2.73. The van der Waals surface area contributed by atoms with Crippen molar-refractivity contribution in [3.63, 3.8) is 0 Å². The van der Waals surface area contributed by atoms with Crippen LogP contribution in [0, 0.1) is 18.6 Å². The van der Waals surface area contributed by atoms with Crippen molar-refractivity contribution in [2.24, 2.45) is 0 Å². The SMILES string of the molecule is Cc1ccc(-c2cn(-c3cccc(C)c3)c(=S)[nH]2)cc1. The number of aromatic amines is 1. The first-order valence-corrected chi connectivity index (χ1v) is 7.00. The molecule has 0 aliphatic heterocycles. The number of imidazole rings is 1. The van der Waals surface area contributed by atoms with E-state index in [0.717, 1.165) is 16.9 Å². The predicted octanol–water partition coefficient (Wildman–Crippen LogP) is 4.82. The molecule has 20 heavy (non-hydrogen) atoms. The molecule has 0 radical (unpaired) electrons. The van der Waals surface area contributed by atoms with Crippen LogP contribution in [0.4, 0.5) is 0 Å². The molecule has 0 aliphatic rings. The molecule has 0 saturated carbocycles. The summed E-state index contributed by atoms with van der Waals surface area (Å²) in [4.78, 5) is 3.28. The second-order valence-electron chi connectivity index (χ2n) is 5.05. The topological polar surface area (TPSA) is 20.7 Å². The zero-order valence-corrected chi connectivity index (χ0v) is 12.4. The minimum atomic E-state index is 0.714. The van der Waals surface area contributed by atoms with Crippen LogP contribution < -0.4 is 0 Å². The van der Waals surface area contributed by atoms with Gasteiger partial charge in [-0.3, -0.25) is 4.57 Å². The first-order valence-electron chi connectivity index (χ1n) is 6.59. The highest BCUT2D eigenvalue weighted by Gasteiger charge is 2.05. The smallest absolute Gasteiger partial charge is 0.182 e. The molecule has 100 valence electrons. The molecule has 2 aromatic carbocycles. The standard InChI is InChI=1S/C17H16N2S/c1-12-6-8-14(9-7-12)16-11-19(17(20)18-16)15-5-3-4-13(2)10-15/h3-11H,1-2H3,(H,18,20). The van der Waals surface area contributed by atoms with Crippen LogP contribution in [0.15, 0.2) is 54.7 Å². The van der Waals surface area contributed by atoms with E-state index in [1.807, 2.05) is 10.6 Å². The Morgan fingerprint density at radius 3 is 2.40 bits per heavy atom. The molecule has 1 heterocycles. The normalized spacial score (nSPS) is 10.7. The molecule has 0 spiro atoms. The molecule has 2 nitrogen and oxygen atoms in total. The zero-order chi connectivity index (χ0) is 14.1. The van der Waals surface area contributed by atoms with Gasteiger partial charge in [0.2, 0.25) is 0 Å². The molecule has 0 fully saturated rings. The largest absolute Gasteiger partial charge is 0.330 e. The van der Waals surface area contributed by atoms with Gasteiger partial charge in [-0.25, -0.2) is 0 Å². The molecule has 3 rings (SSSR count). The van der Waals surface area contributed by atoms with E-state index in [-0.39, 0.29) is 0 Å². The molecule has 1 aromatic heterocycles. The van der Waals surface area contributed by atoms with Crippen molar-refractivity contribution in [2.75, 3.05) is 0 Å². The number of nitrogens with zero attached hydrogens (tertiary/aromatic N) is 1. The number of hydrogen-bond acceptors (Lipinski definition) is 1. The maximum absolute atomic E-state index is 5.43. The Balaban J connectivity index is 2.07. The number of nitrogens with one attached hydrogen (secondary N) is 1. The molecular formula is C17H16N2S. The van der Waals surface area contributed by atoms with Gasteiger partial charge in [0.05, 0.1) is 5.69 Å². The average Bonchev–Trinajstić information content (AvgIpc) is 2.82. The lowest BCUT2D eigenvalue weighted by Crippen LogP contribution is -1.91. The quantitative estimate of drug-likeness (QED) is 0.667. The molecule has 0 bridgehead atoms. The van der Waals surface area contributed by atoms with Crippen LogP contribution in [-0.4, -0.2) is 9.55 Å². The Morgan fingerprint density at radius 1 is 0.950 bits per heavy atom. The molecule has 3 heteroatoms. The monoisotopic (exact) mass is 280 g/mol. The van der Waals surface area contributed by atoms with E-state index in [0.29, 0.717) is 4.77 Å². The highest BCUT2D eigenvalue weighted by Crippen LogP contribution is 2.20. The maximum atomic E-state index is 5.43. The van der Waals surface area contributed by atoms with Crippen LogP contribution in [0.5, 0.6) is 0 Å². The molecule has 0 atom stereocenters. The van der Waals surface area contributed by atoms with E-state index in [9.17, 15) is 0 Å². The van der Waals surface area contributed by atoms with Crippen LogP contribution >= 0.6 is 12.2 Å². The van der Waals surface area contributed by atoms with Gasteiger partial charge in [0.15, 0.2) is 4.77 Å². The Labute approximate surface area is 123 Å². The fraction of sp³-hybridized carbons (Fsp3) is 0.118. The zero-order valence-electron chi connectivity index (χ0n) is 11.6. The van der Waals surface area contributed by atoms with Gasteiger partial charge in [0.1, 0.15) is 0 Å². The van der Waals surface area contributed by atoms with E-state index in [1.165, 1.54) is 11.1 Å². The summed E-state index contributed by atoms with van der Waals surface area (Å²) in [5, 5.41) is 0. The number of rotatable bonds is 2. The molecular weight excluding hydrogens is 264 g/mol. The highest BCUT2D eigenvalue weighted by molar-refractivity contribution is 7.71. The molecule has 1 N–H and O–H groups in total. The fourth-order valence-corrected chi connectivity index (χ4v) is 2.51. The summed E-state index contributed by atoms with van der Waals surface area (Å²) in [5.41, 5.74) is 5.75. The van der Waals surface area contributed by atoms with Gasteiger partial charge in [0, 0.05) is 11.9 Å². The van der Waals surface area contributed by atoms with Gasteiger partial charge < -0.3 is 4.98 Å². The summed E-state index contributed by atoms with van der Waals surface area (Å²) in [6.07, 6.45) is 2.06. The van der Waals surface area contributed by atoms with Gasteiger partial charge in [0.25, 0.3) is 0 Å². The Bertz CT molecular complexity index is 794. The maximum Gasteiger partial charge on any atom is 0.182 e. The minimum absolute atomic E-state index is 0.714. The molecule has 0 amide bonds. The van der Waals surface area contributed by atoms with Crippen LogP contribution in [0.25, 0.3) is 16.9 Å². The van der Waals surface area contributed by atoms with E-state index in [4.69, 9.17) is 12.2 Å². The van der Waals surface area contributed by atoms with Crippen molar-refractivity contribution in [3.8, 4) is 16.9 Å². The van der Waals surface area contributed by atoms with E-state index >= 15 is 0 Å². The third-order valence-electron chi connectivity index (χ3n) is 3.36. The minimum Gasteiger partial charge on any atom is -0.330 e. The van der Waals surface area contributed by atoms with Crippen molar-refractivity contribution in [3.05, 3.63) is 70.6 Å². The number of aryl methyl sites for hydroxylation is 2. The lowest BCUT2D eigenvalue weighted by Gasteiger charge is -2.02. The second kappa shape index (κ2) is 5.10. The first kappa shape index (κ1) is 12.9. The van der Waals surface area contributed by atoms with Gasteiger partial charge in [-0.2, -0.15) is 0 Å². The molecule has 0 unspecified atom stereocenters. The predicted molar refractivity (Wildman–Crippen MR) is 85.9 cm³/mol. The third kappa shape index (κ3) is 2.45. The van der Waals surface area contributed by atoms with Gasteiger partial charge in [-0.05, 0) is 49.3 Å². The van der Waals surface area contributed by atoms with Crippen LogP contribution in [0.2, 0.25) is 0 Å².